The summed E-state index contributed by atoms with van der Waals surface area (Å²) in [6.45, 7) is 2.37. The summed E-state index contributed by atoms with van der Waals surface area (Å²) in [5.41, 5.74) is 4.17. The van der Waals surface area contributed by atoms with Crippen molar-refractivity contribution in [3.05, 3.63) is 90.3 Å². The zero-order valence-electron chi connectivity index (χ0n) is 20.0. The van der Waals surface area contributed by atoms with E-state index in [1.54, 1.807) is 16.6 Å². The van der Waals surface area contributed by atoms with Crippen molar-refractivity contribution in [3.8, 4) is 44.0 Å². The van der Waals surface area contributed by atoms with Crippen molar-refractivity contribution >= 4 is 16.9 Å². The molecule has 0 saturated heterocycles. The summed E-state index contributed by atoms with van der Waals surface area (Å²) in [7, 11) is 1.50. The first kappa shape index (κ1) is 22.9. The number of halogens is 1. The number of fused-ring (bicyclic) bond motifs is 1. The predicted octanol–water partition coefficient (Wildman–Crippen LogP) is 5.95. The van der Waals surface area contributed by atoms with Crippen LogP contribution in [0.15, 0.2) is 73.2 Å². The van der Waals surface area contributed by atoms with Gasteiger partial charge in [0.15, 0.2) is 5.82 Å². The molecule has 0 saturated carbocycles. The number of aryl methyl sites for hydroxylation is 1. The minimum Gasteiger partial charge on any atom is -0.496 e. The van der Waals surface area contributed by atoms with Gasteiger partial charge in [0.05, 0.1) is 35.1 Å². The molecule has 0 amide bonds. The SMILES string of the molecule is COc1cccc(F)c1-c1nc(-c2c(C)nn3ccc(OCc4ccccc4)cc23)sc1-c1nc[nH]n1. The molecule has 2 aromatic carbocycles. The van der Waals surface area contributed by atoms with Crippen molar-refractivity contribution < 1.29 is 13.9 Å². The van der Waals surface area contributed by atoms with E-state index in [2.05, 4.69) is 20.3 Å². The number of benzene rings is 2. The van der Waals surface area contributed by atoms with Gasteiger partial charge < -0.3 is 9.47 Å². The number of aromatic nitrogens is 6. The molecular weight excluding hydrogens is 491 g/mol. The van der Waals surface area contributed by atoms with Crippen molar-refractivity contribution in [3.63, 3.8) is 0 Å². The molecule has 0 fully saturated rings. The highest BCUT2D eigenvalue weighted by Crippen LogP contribution is 2.44. The maximum atomic E-state index is 15.1. The van der Waals surface area contributed by atoms with Crippen LogP contribution in [0.2, 0.25) is 0 Å². The number of thiazole rings is 1. The van der Waals surface area contributed by atoms with Crippen LogP contribution >= 0.6 is 11.3 Å². The van der Waals surface area contributed by atoms with E-state index in [0.29, 0.717) is 39.5 Å². The Labute approximate surface area is 215 Å². The zero-order valence-corrected chi connectivity index (χ0v) is 20.8. The highest BCUT2D eigenvalue weighted by Gasteiger charge is 2.26. The standard InChI is InChI=1S/C27H21FN6O2S/c1-16-22(20-13-18(11-12-34(20)33-16)36-14-17-7-4-3-5-8-17)27-31-24(25(37-27)26-29-15-30-32-26)23-19(28)9-6-10-21(23)35-2/h3-13,15H,14H2,1-2H3,(H,29,30,32). The average molecular weight is 513 g/mol. The molecule has 0 spiro atoms. The Morgan fingerprint density at radius 3 is 2.70 bits per heavy atom. The molecule has 37 heavy (non-hydrogen) atoms. The average Bonchev–Trinajstić information content (AvgIpc) is 3.66. The van der Waals surface area contributed by atoms with Gasteiger partial charge in [0, 0.05) is 12.3 Å². The molecular formula is C27H21FN6O2S. The van der Waals surface area contributed by atoms with Gasteiger partial charge in [0.1, 0.15) is 40.1 Å². The van der Waals surface area contributed by atoms with Gasteiger partial charge in [-0.15, -0.1) is 11.3 Å². The van der Waals surface area contributed by atoms with Crippen LogP contribution < -0.4 is 9.47 Å². The molecule has 1 N–H and O–H groups in total. The van der Waals surface area contributed by atoms with Gasteiger partial charge in [-0.1, -0.05) is 36.4 Å². The fourth-order valence-electron chi connectivity index (χ4n) is 4.21. The van der Waals surface area contributed by atoms with Crippen LogP contribution in [0.5, 0.6) is 11.5 Å². The van der Waals surface area contributed by atoms with Gasteiger partial charge in [-0.3, -0.25) is 5.10 Å². The van der Waals surface area contributed by atoms with Crippen molar-refractivity contribution in [2.24, 2.45) is 0 Å². The first-order valence-corrected chi connectivity index (χ1v) is 12.3. The van der Waals surface area contributed by atoms with E-state index < -0.39 is 5.82 Å². The molecule has 4 aromatic heterocycles. The monoisotopic (exact) mass is 512 g/mol. The van der Waals surface area contributed by atoms with Crippen molar-refractivity contribution in [1.82, 2.24) is 29.8 Å². The Balaban J connectivity index is 1.48. The number of aromatic amines is 1. The van der Waals surface area contributed by atoms with E-state index in [0.717, 1.165) is 22.3 Å². The second-order valence-electron chi connectivity index (χ2n) is 8.26. The Kier molecular flexibility index (Phi) is 5.85. The Morgan fingerprint density at radius 2 is 1.92 bits per heavy atom. The van der Waals surface area contributed by atoms with Gasteiger partial charge in [-0.25, -0.2) is 18.9 Å². The van der Waals surface area contributed by atoms with E-state index in [4.69, 9.17) is 14.5 Å². The largest absolute Gasteiger partial charge is 0.496 e. The molecule has 0 radical (unpaired) electrons. The van der Waals surface area contributed by atoms with Crippen LogP contribution in [0.4, 0.5) is 4.39 Å². The van der Waals surface area contributed by atoms with Crippen LogP contribution in [0.3, 0.4) is 0 Å². The number of pyridine rings is 1. The zero-order chi connectivity index (χ0) is 25.4. The maximum absolute atomic E-state index is 15.1. The van der Waals surface area contributed by atoms with Crippen LogP contribution in [0, 0.1) is 12.7 Å². The maximum Gasteiger partial charge on any atom is 0.193 e. The van der Waals surface area contributed by atoms with E-state index >= 15 is 4.39 Å². The van der Waals surface area contributed by atoms with Crippen LogP contribution in [0.1, 0.15) is 11.3 Å². The number of nitrogens with one attached hydrogen (secondary N) is 1. The summed E-state index contributed by atoms with van der Waals surface area (Å²) < 4.78 is 28.4. The van der Waals surface area contributed by atoms with Crippen molar-refractivity contribution in [1.29, 1.82) is 0 Å². The van der Waals surface area contributed by atoms with E-state index in [1.165, 1.54) is 30.8 Å². The lowest BCUT2D eigenvalue weighted by Gasteiger charge is -2.08. The summed E-state index contributed by atoms with van der Waals surface area (Å²) in [6, 6.07) is 18.5. The van der Waals surface area contributed by atoms with E-state index in [-0.39, 0.29) is 5.56 Å². The molecule has 0 unspecified atom stereocenters. The molecule has 0 aliphatic carbocycles. The van der Waals surface area contributed by atoms with Crippen LogP contribution in [-0.4, -0.2) is 36.9 Å². The molecule has 184 valence electrons. The summed E-state index contributed by atoms with van der Waals surface area (Å²) >= 11 is 1.37. The van der Waals surface area contributed by atoms with E-state index in [9.17, 15) is 0 Å². The highest BCUT2D eigenvalue weighted by atomic mass is 32.1. The molecule has 0 aliphatic rings. The van der Waals surface area contributed by atoms with Crippen LogP contribution in [-0.2, 0) is 6.61 Å². The third-order valence-electron chi connectivity index (χ3n) is 5.92. The van der Waals surface area contributed by atoms with Crippen LogP contribution in [0.25, 0.3) is 38.0 Å². The molecule has 8 nitrogen and oxygen atoms in total. The number of ether oxygens (including phenoxy) is 2. The Hall–Kier alpha value is -4.57. The fraction of sp³-hybridized carbons (Fsp3) is 0.111. The lowest BCUT2D eigenvalue weighted by atomic mass is 10.1. The molecule has 0 bridgehead atoms. The summed E-state index contributed by atoms with van der Waals surface area (Å²) in [6.07, 6.45) is 3.34. The molecule has 10 heteroatoms. The summed E-state index contributed by atoms with van der Waals surface area (Å²) in [5.74, 6) is 1.06. The highest BCUT2D eigenvalue weighted by molar-refractivity contribution is 7.19. The first-order chi connectivity index (χ1) is 18.1. The second-order valence-corrected chi connectivity index (χ2v) is 9.26. The summed E-state index contributed by atoms with van der Waals surface area (Å²) in [5, 5.41) is 12.3. The minimum absolute atomic E-state index is 0.258. The topological polar surface area (TPSA) is 90.2 Å². The van der Waals surface area contributed by atoms with E-state index in [1.807, 2.05) is 55.6 Å². The van der Waals surface area contributed by atoms with Gasteiger partial charge in [-0.2, -0.15) is 10.2 Å². The number of hydrogen-bond acceptors (Lipinski definition) is 7. The Bertz CT molecular complexity index is 1700. The first-order valence-electron chi connectivity index (χ1n) is 11.5. The van der Waals surface area contributed by atoms with Gasteiger partial charge in [0.2, 0.25) is 0 Å². The predicted molar refractivity (Wildman–Crippen MR) is 139 cm³/mol. The number of nitrogens with zero attached hydrogens (tertiary/aromatic N) is 5. The molecule has 6 rings (SSSR count). The number of H-pyrrole nitrogens is 1. The normalized spacial score (nSPS) is 11.2. The summed E-state index contributed by atoms with van der Waals surface area (Å²) in [4.78, 5) is 9.82. The number of methoxy groups -OCH3 is 1. The molecule has 0 aliphatic heterocycles. The fourth-order valence-corrected chi connectivity index (χ4v) is 5.33. The third-order valence-corrected chi connectivity index (χ3v) is 6.99. The third kappa shape index (κ3) is 4.21. The van der Waals surface area contributed by atoms with Gasteiger partial charge >= 0.3 is 0 Å². The molecule has 0 atom stereocenters. The quantitative estimate of drug-likeness (QED) is 0.285. The second kappa shape index (κ2) is 9.47. The smallest absolute Gasteiger partial charge is 0.193 e. The minimum atomic E-state index is -0.443. The van der Waals surface area contributed by atoms with Crippen molar-refractivity contribution in [2.75, 3.05) is 7.11 Å². The number of rotatable bonds is 7. The Morgan fingerprint density at radius 1 is 1.05 bits per heavy atom. The molecule has 4 heterocycles. The van der Waals surface area contributed by atoms with Gasteiger partial charge in [-0.05, 0) is 30.7 Å². The molecule has 6 aromatic rings. The van der Waals surface area contributed by atoms with Crippen molar-refractivity contribution in [2.45, 2.75) is 13.5 Å². The lowest BCUT2D eigenvalue weighted by Crippen LogP contribution is -1.96. The van der Waals surface area contributed by atoms with Gasteiger partial charge in [0.25, 0.3) is 0 Å². The lowest BCUT2D eigenvalue weighted by molar-refractivity contribution is 0.306. The number of hydrogen-bond donors (Lipinski definition) is 1.